The third kappa shape index (κ3) is 3.86. The zero-order valence-electron chi connectivity index (χ0n) is 12.7. The van der Waals surface area contributed by atoms with Gasteiger partial charge in [-0.05, 0) is 30.3 Å². The van der Waals surface area contributed by atoms with Crippen LogP contribution in [0.15, 0.2) is 62.2 Å². The normalized spacial score (nSPS) is 10.7. The number of nitrogens with one attached hydrogen (secondary N) is 1. The summed E-state index contributed by atoms with van der Waals surface area (Å²) in [6, 6.07) is 14.5. The minimum absolute atomic E-state index is 0.0905. The van der Waals surface area contributed by atoms with E-state index in [4.69, 9.17) is 9.15 Å². The van der Waals surface area contributed by atoms with E-state index in [1.165, 1.54) is 4.57 Å². The van der Waals surface area contributed by atoms with Crippen LogP contribution in [-0.2, 0) is 11.3 Å². The summed E-state index contributed by atoms with van der Waals surface area (Å²) >= 11 is 3.36. The Labute approximate surface area is 146 Å². The number of amides is 1. The number of benzene rings is 2. The van der Waals surface area contributed by atoms with Crippen molar-refractivity contribution in [2.75, 3.05) is 13.2 Å². The molecule has 1 heterocycles. The molecule has 0 unspecified atom stereocenters. The van der Waals surface area contributed by atoms with Gasteiger partial charge in [0.25, 0.3) is 0 Å². The van der Waals surface area contributed by atoms with Crippen LogP contribution in [-0.4, -0.2) is 23.6 Å². The van der Waals surface area contributed by atoms with Gasteiger partial charge in [0, 0.05) is 4.47 Å². The summed E-state index contributed by atoms with van der Waals surface area (Å²) in [4.78, 5) is 23.8. The molecule has 0 aliphatic heterocycles. The maximum Gasteiger partial charge on any atom is 0.420 e. The lowest BCUT2D eigenvalue weighted by Gasteiger charge is -2.08. The van der Waals surface area contributed by atoms with Crippen LogP contribution in [0.2, 0.25) is 0 Å². The Hall–Kier alpha value is -2.54. The van der Waals surface area contributed by atoms with E-state index in [1.54, 1.807) is 24.3 Å². The molecule has 24 heavy (non-hydrogen) atoms. The second-order valence-electron chi connectivity index (χ2n) is 5.08. The molecule has 0 aliphatic rings. The number of rotatable bonds is 6. The fraction of sp³-hybridized carbons (Fsp3) is 0.176. The van der Waals surface area contributed by atoms with Gasteiger partial charge in [-0.1, -0.05) is 34.1 Å². The highest BCUT2D eigenvalue weighted by atomic mass is 79.9. The number of aromatic nitrogens is 1. The number of carbonyl (C=O) groups is 1. The number of hydrogen-bond acceptors (Lipinski definition) is 4. The molecule has 0 atom stereocenters. The van der Waals surface area contributed by atoms with Crippen molar-refractivity contribution in [1.82, 2.24) is 9.88 Å². The first-order valence-corrected chi connectivity index (χ1v) is 8.16. The van der Waals surface area contributed by atoms with Gasteiger partial charge in [0.1, 0.15) is 18.9 Å². The van der Waals surface area contributed by atoms with Crippen LogP contribution in [0.25, 0.3) is 11.1 Å². The average Bonchev–Trinajstić information content (AvgIpc) is 2.88. The van der Waals surface area contributed by atoms with Crippen LogP contribution in [0.3, 0.4) is 0 Å². The second-order valence-corrected chi connectivity index (χ2v) is 5.99. The van der Waals surface area contributed by atoms with Gasteiger partial charge < -0.3 is 14.5 Å². The van der Waals surface area contributed by atoms with Crippen LogP contribution >= 0.6 is 15.9 Å². The van der Waals surface area contributed by atoms with Crippen LogP contribution in [0.5, 0.6) is 5.75 Å². The number of halogens is 1. The van der Waals surface area contributed by atoms with Crippen molar-refractivity contribution in [3.63, 3.8) is 0 Å². The van der Waals surface area contributed by atoms with Crippen LogP contribution in [0.1, 0.15) is 0 Å². The van der Waals surface area contributed by atoms with Gasteiger partial charge >= 0.3 is 5.76 Å². The third-order valence-corrected chi connectivity index (χ3v) is 3.86. The van der Waals surface area contributed by atoms with Crippen molar-refractivity contribution < 1.29 is 13.9 Å². The number of nitrogens with zero attached hydrogens (tertiary/aromatic N) is 1. The number of oxazole rings is 1. The molecule has 3 rings (SSSR count). The molecule has 1 amide bonds. The van der Waals surface area contributed by atoms with Crippen LogP contribution in [0, 0.1) is 0 Å². The molecule has 0 radical (unpaired) electrons. The minimum Gasteiger partial charge on any atom is -0.492 e. The van der Waals surface area contributed by atoms with Crippen LogP contribution < -0.4 is 15.8 Å². The molecule has 0 saturated carbocycles. The smallest absolute Gasteiger partial charge is 0.420 e. The molecule has 0 bridgehead atoms. The Kier molecular flexibility index (Phi) is 5.00. The van der Waals surface area contributed by atoms with E-state index in [1.807, 2.05) is 24.3 Å². The number of hydrogen-bond donors (Lipinski definition) is 1. The molecule has 0 saturated heterocycles. The Balaban J connectivity index is 1.52. The predicted molar refractivity (Wildman–Crippen MR) is 93.1 cm³/mol. The van der Waals surface area contributed by atoms with Crippen molar-refractivity contribution in [2.24, 2.45) is 0 Å². The summed E-state index contributed by atoms with van der Waals surface area (Å²) in [5, 5.41) is 2.72. The lowest BCUT2D eigenvalue weighted by Crippen LogP contribution is -2.33. The Bertz CT molecular complexity index is 916. The fourth-order valence-electron chi connectivity index (χ4n) is 2.28. The number of carbonyl (C=O) groups excluding carboxylic acids is 1. The summed E-state index contributed by atoms with van der Waals surface area (Å²) in [6.07, 6.45) is 0. The third-order valence-electron chi connectivity index (χ3n) is 3.36. The van der Waals surface area contributed by atoms with Crippen molar-refractivity contribution in [1.29, 1.82) is 0 Å². The Morgan fingerprint density at radius 2 is 2.04 bits per heavy atom. The summed E-state index contributed by atoms with van der Waals surface area (Å²) in [5.74, 6) is -0.103. The number of fused-ring (bicyclic) bond motifs is 1. The number of ether oxygens (including phenoxy) is 1. The highest BCUT2D eigenvalue weighted by molar-refractivity contribution is 9.10. The first kappa shape index (κ1) is 16.3. The van der Waals surface area contributed by atoms with Crippen molar-refractivity contribution >= 4 is 32.9 Å². The highest BCUT2D eigenvalue weighted by Crippen LogP contribution is 2.17. The summed E-state index contributed by atoms with van der Waals surface area (Å²) < 4.78 is 12.9. The molecule has 0 fully saturated rings. The first-order chi connectivity index (χ1) is 11.6. The molecule has 6 nitrogen and oxygen atoms in total. The van der Waals surface area contributed by atoms with Gasteiger partial charge in [0.05, 0.1) is 12.1 Å². The molecule has 7 heteroatoms. The molecule has 1 N–H and O–H groups in total. The lowest BCUT2D eigenvalue weighted by atomic mass is 10.3. The predicted octanol–water partition coefficient (Wildman–Crippen LogP) is 2.55. The van der Waals surface area contributed by atoms with E-state index in [-0.39, 0.29) is 12.5 Å². The maximum atomic E-state index is 12.0. The Morgan fingerprint density at radius 1 is 1.21 bits per heavy atom. The largest absolute Gasteiger partial charge is 0.492 e. The van der Waals surface area contributed by atoms with Crippen molar-refractivity contribution in [3.8, 4) is 5.75 Å². The van der Waals surface area contributed by atoms with E-state index in [2.05, 4.69) is 21.2 Å². The molecule has 2 aromatic carbocycles. The van der Waals surface area contributed by atoms with Crippen molar-refractivity contribution in [2.45, 2.75) is 6.54 Å². The van der Waals surface area contributed by atoms with E-state index in [9.17, 15) is 9.59 Å². The Morgan fingerprint density at radius 3 is 2.88 bits per heavy atom. The summed E-state index contributed by atoms with van der Waals surface area (Å²) in [6.45, 7) is 0.589. The molecule has 124 valence electrons. The monoisotopic (exact) mass is 390 g/mol. The van der Waals surface area contributed by atoms with Gasteiger partial charge in [0.2, 0.25) is 5.91 Å². The highest BCUT2D eigenvalue weighted by Gasteiger charge is 2.11. The molecule has 1 aromatic heterocycles. The maximum absolute atomic E-state index is 12.0. The quantitative estimate of drug-likeness (QED) is 0.656. The van der Waals surface area contributed by atoms with Gasteiger partial charge in [0.15, 0.2) is 5.58 Å². The lowest BCUT2D eigenvalue weighted by molar-refractivity contribution is -0.121. The van der Waals surface area contributed by atoms with Crippen LogP contribution in [0.4, 0.5) is 0 Å². The molecule has 3 aromatic rings. The molecule has 0 aliphatic carbocycles. The topological polar surface area (TPSA) is 73.5 Å². The average molecular weight is 391 g/mol. The SMILES string of the molecule is O=C(Cn1c(=O)oc2ccccc21)NCCOc1cccc(Br)c1. The van der Waals surface area contributed by atoms with Gasteiger partial charge in [-0.2, -0.15) is 0 Å². The standard InChI is InChI=1S/C17H15BrN2O4/c18-12-4-3-5-13(10-12)23-9-8-19-16(21)11-20-14-6-1-2-7-15(14)24-17(20)22/h1-7,10H,8-9,11H2,(H,19,21). The summed E-state index contributed by atoms with van der Waals surface area (Å²) in [5.41, 5.74) is 1.07. The molecular weight excluding hydrogens is 376 g/mol. The number of para-hydroxylation sites is 2. The second kappa shape index (κ2) is 7.35. The zero-order chi connectivity index (χ0) is 16.9. The molecule has 0 spiro atoms. The van der Waals surface area contributed by atoms with Gasteiger partial charge in [-0.15, -0.1) is 0 Å². The van der Waals surface area contributed by atoms with Gasteiger partial charge in [-0.3, -0.25) is 9.36 Å². The zero-order valence-corrected chi connectivity index (χ0v) is 14.3. The summed E-state index contributed by atoms with van der Waals surface area (Å²) in [7, 11) is 0. The minimum atomic E-state index is -0.545. The van der Waals surface area contributed by atoms with E-state index >= 15 is 0 Å². The van der Waals surface area contributed by atoms with Gasteiger partial charge in [-0.25, -0.2) is 4.79 Å². The van der Waals surface area contributed by atoms with Crippen molar-refractivity contribution in [3.05, 3.63) is 63.6 Å². The van der Waals surface area contributed by atoms with E-state index < -0.39 is 5.76 Å². The first-order valence-electron chi connectivity index (χ1n) is 7.37. The molecular formula is C17H15BrN2O4. The van der Waals surface area contributed by atoms with E-state index in [0.717, 1.165) is 10.2 Å². The van der Waals surface area contributed by atoms with E-state index in [0.29, 0.717) is 24.3 Å². The fourth-order valence-corrected chi connectivity index (χ4v) is 2.66.